The van der Waals surface area contributed by atoms with Crippen molar-refractivity contribution in [3.05, 3.63) is 29.8 Å². The number of nitrogens with zero attached hydrogens (tertiary/aromatic N) is 1. The minimum atomic E-state index is -0.444. The Balaban J connectivity index is 1.57. The highest BCUT2D eigenvalue weighted by molar-refractivity contribution is 5.87. The number of methoxy groups -OCH3 is 1. The summed E-state index contributed by atoms with van der Waals surface area (Å²) in [5, 5.41) is 6.02. The molecule has 3 rings (SSSR count). The van der Waals surface area contributed by atoms with Gasteiger partial charge in [0.05, 0.1) is 13.2 Å². The molecule has 2 aliphatic heterocycles. The highest BCUT2D eigenvalue weighted by Gasteiger charge is 2.34. The lowest BCUT2D eigenvalue weighted by atomic mass is 10.1. The summed E-state index contributed by atoms with van der Waals surface area (Å²) in [6.45, 7) is 1.21. The van der Waals surface area contributed by atoms with Crippen molar-refractivity contribution < 1.29 is 14.3 Å². The zero-order valence-corrected chi connectivity index (χ0v) is 12.0. The van der Waals surface area contributed by atoms with Crippen LogP contribution in [0.1, 0.15) is 12.0 Å². The second-order valence-corrected chi connectivity index (χ2v) is 5.46. The van der Waals surface area contributed by atoms with Gasteiger partial charge in [-0.2, -0.15) is 0 Å². The van der Waals surface area contributed by atoms with Gasteiger partial charge in [-0.05, 0) is 18.1 Å². The smallest absolute Gasteiger partial charge is 0.407 e. The molecule has 2 N–H and O–H groups in total. The van der Waals surface area contributed by atoms with Crippen LogP contribution in [0.25, 0.3) is 0 Å². The molecule has 2 amide bonds. The van der Waals surface area contributed by atoms with Crippen molar-refractivity contribution in [2.75, 3.05) is 25.5 Å². The predicted molar refractivity (Wildman–Crippen MR) is 78.1 cm³/mol. The van der Waals surface area contributed by atoms with Gasteiger partial charge >= 0.3 is 6.09 Å². The van der Waals surface area contributed by atoms with Gasteiger partial charge in [0.25, 0.3) is 0 Å². The summed E-state index contributed by atoms with van der Waals surface area (Å²) in [5.41, 5.74) is 2.22. The predicted octanol–water partition coefficient (Wildman–Crippen LogP) is 0.980. The number of anilines is 1. The summed E-state index contributed by atoms with van der Waals surface area (Å²) in [7, 11) is 1.34. The zero-order valence-electron chi connectivity index (χ0n) is 12.0. The van der Waals surface area contributed by atoms with E-state index in [1.165, 1.54) is 12.7 Å². The highest BCUT2D eigenvalue weighted by atomic mass is 16.5. The number of benzene rings is 1. The van der Waals surface area contributed by atoms with Crippen LogP contribution in [-0.2, 0) is 16.0 Å². The lowest BCUT2D eigenvalue weighted by molar-refractivity contribution is -0.130. The van der Waals surface area contributed by atoms with E-state index < -0.39 is 6.09 Å². The van der Waals surface area contributed by atoms with Gasteiger partial charge in [-0.3, -0.25) is 4.79 Å². The van der Waals surface area contributed by atoms with Gasteiger partial charge in [0.1, 0.15) is 6.04 Å². The van der Waals surface area contributed by atoms with Crippen molar-refractivity contribution in [1.29, 1.82) is 0 Å². The van der Waals surface area contributed by atoms with Crippen molar-refractivity contribution in [2.45, 2.75) is 24.9 Å². The quantitative estimate of drug-likeness (QED) is 0.851. The Morgan fingerprint density at radius 2 is 2.19 bits per heavy atom. The first-order chi connectivity index (χ1) is 10.2. The molecule has 0 aromatic heterocycles. The van der Waals surface area contributed by atoms with Crippen LogP contribution < -0.4 is 10.6 Å². The van der Waals surface area contributed by atoms with Crippen LogP contribution in [-0.4, -0.2) is 49.2 Å². The number of para-hydroxylation sites is 1. The number of likely N-dealkylation sites (tertiary alicyclic amines) is 1. The third-order valence-electron chi connectivity index (χ3n) is 4.08. The topological polar surface area (TPSA) is 70.7 Å². The molecule has 0 radical (unpaired) electrons. The molecule has 2 heterocycles. The molecule has 0 aliphatic carbocycles. The van der Waals surface area contributed by atoms with E-state index in [4.69, 9.17) is 0 Å². The minimum Gasteiger partial charge on any atom is -0.453 e. The van der Waals surface area contributed by atoms with Crippen LogP contribution in [0.4, 0.5) is 10.5 Å². The summed E-state index contributed by atoms with van der Waals surface area (Å²) < 4.78 is 4.58. The molecule has 1 fully saturated rings. The monoisotopic (exact) mass is 289 g/mol. The summed E-state index contributed by atoms with van der Waals surface area (Å²) in [5.74, 6) is 0.0976. The Labute approximate surface area is 123 Å². The largest absolute Gasteiger partial charge is 0.453 e. The lowest BCUT2D eigenvalue weighted by Crippen LogP contribution is -2.43. The number of fused-ring (bicyclic) bond motifs is 1. The molecule has 21 heavy (non-hydrogen) atoms. The summed E-state index contributed by atoms with van der Waals surface area (Å²) >= 11 is 0. The second kappa shape index (κ2) is 5.63. The molecule has 1 aromatic carbocycles. The number of alkyl carbamates (subject to hydrolysis) is 1. The van der Waals surface area contributed by atoms with E-state index in [-0.39, 0.29) is 18.0 Å². The fourth-order valence-electron chi connectivity index (χ4n) is 2.97. The SMILES string of the molecule is COC(=O)NC1CCN(C(=O)[C@@H]2Cc3ccccc3N2)C1. The molecule has 112 valence electrons. The standard InChI is InChI=1S/C15H19N3O3/c1-21-15(20)16-11-6-7-18(9-11)14(19)13-8-10-4-2-3-5-12(10)17-13/h2-5,11,13,17H,6-9H2,1H3,(H,16,20)/t11?,13-/m0/s1. The normalized spacial score (nSPS) is 23.4. The van der Waals surface area contributed by atoms with E-state index in [0.717, 1.165) is 18.5 Å². The van der Waals surface area contributed by atoms with E-state index >= 15 is 0 Å². The fraction of sp³-hybridized carbons (Fsp3) is 0.467. The highest BCUT2D eigenvalue weighted by Crippen LogP contribution is 2.26. The van der Waals surface area contributed by atoms with Gasteiger partial charge in [-0.25, -0.2) is 4.79 Å². The number of rotatable bonds is 2. The van der Waals surface area contributed by atoms with Crippen LogP contribution in [0.15, 0.2) is 24.3 Å². The summed E-state index contributed by atoms with van der Waals surface area (Å²) in [6.07, 6.45) is 1.04. The Hall–Kier alpha value is -2.24. The Bertz CT molecular complexity index is 536. The number of carbonyl (C=O) groups excluding carboxylic acids is 2. The van der Waals surface area contributed by atoms with Crippen molar-refractivity contribution in [3.8, 4) is 0 Å². The molecular formula is C15H19N3O3. The molecule has 6 nitrogen and oxygen atoms in total. The number of amides is 2. The van der Waals surface area contributed by atoms with Gasteiger partial charge in [-0.15, -0.1) is 0 Å². The maximum atomic E-state index is 12.5. The first kappa shape index (κ1) is 13.7. The van der Waals surface area contributed by atoms with Gasteiger partial charge in [0.2, 0.25) is 5.91 Å². The maximum absolute atomic E-state index is 12.5. The van der Waals surface area contributed by atoms with E-state index in [2.05, 4.69) is 15.4 Å². The molecule has 1 saturated heterocycles. The number of ether oxygens (including phenoxy) is 1. The second-order valence-electron chi connectivity index (χ2n) is 5.46. The average Bonchev–Trinajstić information content (AvgIpc) is 3.12. The third-order valence-corrected chi connectivity index (χ3v) is 4.08. The Morgan fingerprint density at radius 3 is 2.95 bits per heavy atom. The maximum Gasteiger partial charge on any atom is 0.407 e. The van der Waals surface area contributed by atoms with Gasteiger partial charge in [0.15, 0.2) is 0 Å². The van der Waals surface area contributed by atoms with Crippen LogP contribution in [0.3, 0.4) is 0 Å². The van der Waals surface area contributed by atoms with Gasteiger partial charge in [0, 0.05) is 25.2 Å². The Morgan fingerprint density at radius 1 is 1.38 bits per heavy atom. The van der Waals surface area contributed by atoms with E-state index in [1.807, 2.05) is 29.2 Å². The van der Waals surface area contributed by atoms with Gasteiger partial charge < -0.3 is 20.3 Å². The number of hydrogen-bond donors (Lipinski definition) is 2. The van der Waals surface area contributed by atoms with Crippen LogP contribution in [0.2, 0.25) is 0 Å². The van der Waals surface area contributed by atoms with Crippen LogP contribution in [0.5, 0.6) is 0 Å². The van der Waals surface area contributed by atoms with Crippen molar-refractivity contribution in [1.82, 2.24) is 10.2 Å². The zero-order chi connectivity index (χ0) is 14.8. The van der Waals surface area contributed by atoms with Crippen molar-refractivity contribution in [3.63, 3.8) is 0 Å². The van der Waals surface area contributed by atoms with Crippen molar-refractivity contribution >= 4 is 17.7 Å². The third kappa shape index (κ3) is 2.79. The summed E-state index contributed by atoms with van der Waals surface area (Å²) in [4.78, 5) is 25.5. The van der Waals surface area contributed by atoms with E-state index in [0.29, 0.717) is 13.1 Å². The summed E-state index contributed by atoms with van der Waals surface area (Å²) in [6, 6.07) is 7.77. The molecule has 1 aromatic rings. The van der Waals surface area contributed by atoms with E-state index in [9.17, 15) is 9.59 Å². The lowest BCUT2D eigenvalue weighted by Gasteiger charge is -2.21. The number of carbonyl (C=O) groups is 2. The molecule has 1 unspecified atom stereocenters. The first-order valence-corrected chi connectivity index (χ1v) is 7.15. The molecule has 2 aliphatic rings. The number of hydrogen-bond acceptors (Lipinski definition) is 4. The molecule has 0 bridgehead atoms. The first-order valence-electron chi connectivity index (χ1n) is 7.15. The molecule has 2 atom stereocenters. The molecule has 0 spiro atoms. The number of nitrogens with one attached hydrogen (secondary N) is 2. The van der Waals surface area contributed by atoms with Gasteiger partial charge in [-0.1, -0.05) is 18.2 Å². The molecular weight excluding hydrogens is 270 g/mol. The van der Waals surface area contributed by atoms with Crippen LogP contribution in [0, 0.1) is 0 Å². The van der Waals surface area contributed by atoms with E-state index in [1.54, 1.807) is 0 Å². The van der Waals surface area contributed by atoms with Crippen molar-refractivity contribution in [2.24, 2.45) is 0 Å². The molecule has 0 saturated carbocycles. The van der Waals surface area contributed by atoms with Crippen LogP contribution >= 0.6 is 0 Å². The average molecular weight is 289 g/mol. The molecule has 6 heteroatoms. The Kier molecular flexibility index (Phi) is 3.68. The fourth-order valence-corrected chi connectivity index (χ4v) is 2.97. The minimum absolute atomic E-state index is 0.0230.